The molecule has 0 amide bonds. The molecule has 1 aromatic carbocycles. The monoisotopic (exact) mass is 352 g/mol. The number of rotatable bonds is 7. The number of hydrogen-bond donors (Lipinski definition) is 0. The Hall–Kier alpha value is -0.910. The predicted molar refractivity (Wildman–Crippen MR) is 99.1 cm³/mol. The molecule has 0 aromatic heterocycles. The minimum Gasteiger partial charge on any atom is -0.479 e. The summed E-state index contributed by atoms with van der Waals surface area (Å²) in [6.45, 7) is 5.20. The van der Waals surface area contributed by atoms with Crippen LogP contribution in [0.25, 0.3) is 0 Å². The lowest BCUT2D eigenvalue weighted by molar-refractivity contribution is 0.0407. The van der Waals surface area contributed by atoms with E-state index in [9.17, 15) is 4.79 Å². The maximum Gasteiger partial charge on any atom is 0.219 e. The topological polar surface area (TPSA) is 35.5 Å². The molecule has 1 aromatic rings. The fourth-order valence-corrected chi connectivity index (χ4v) is 4.29. The highest BCUT2D eigenvalue weighted by atomic mass is 32.2. The van der Waals surface area contributed by atoms with Crippen molar-refractivity contribution in [3.05, 3.63) is 35.9 Å². The molecular formula is C18H24O3S2. The molecule has 1 fully saturated rings. The van der Waals surface area contributed by atoms with E-state index < -0.39 is 0 Å². The van der Waals surface area contributed by atoms with Crippen LogP contribution >= 0.6 is 24.0 Å². The van der Waals surface area contributed by atoms with E-state index >= 15 is 0 Å². The normalized spacial score (nSPS) is 23.7. The van der Waals surface area contributed by atoms with Gasteiger partial charge < -0.3 is 9.47 Å². The molecule has 126 valence electrons. The quantitative estimate of drug-likeness (QED) is 0.538. The summed E-state index contributed by atoms with van der Waals surface area (Å²) >= 11 is 6.74. The van der Waals surface area contributed by atoms with Crippen LogP contribution in [-0.4, -0.2) is 35.2 Å². The zero-order chi connectivity index (χ0) is 16.7. The first-order valence-electron chi connectivity index (χ1n) is 8.16. The van der Waals surface area contributed by atoms with Gasteiger partial charge in [-0.05, 0) is 44.8 Å². The Kier molecular flexibility index (Phi) is 7.53. The van der Waals surface area contributed by atoms with Crippen molar-refractivity contribution in [3.8, 4) is 0 Å². The van der Waals surface area contributed by atoms with Crippen LogP contribution in [0.1, 0.15) is 37.0 Å². The Morgan fingerprint density at radius 1 is 1.22 bits per heavy atom. The van der Waals surface area contributed by atoms with Gasteiger partial charge in [0.1, 0.15) is 0 Å². The van der Waals surface area contributed by atoms with Gasteiger partial charge in [-0.3, -0.25) is 4.79 Å². The number of hydrogen-bond acceptors (Lipinski definition) is 5. The predicted octanol–water partition coefficient (Wildman–Crippen LogP) is 4.36. The van der Waals surface area contributed by atoms with E-state index in [1.807, 2.05) is 44.2 Å². The van der Waals surface area contributed by atoms with Gasteiger partial charge in [0.2, 0.25) is 4.38 Å². The van der Waals surface area contributed by atoms with E-state index in [-0.39, 0.29) is 17.8 Å². The van der Waals surface area contributed by atoms with E-state index in [4.69, 9.17) is 21.7 Å². The second-order valence-electron chi connectivity index (χ2n) is 5.65. The summed E-state index contributed by atoms with van der Waals surface area (Å²) in [5, 5.41) is 0. The third-order valence-corrected chi connectivity index (χ3v) is 5.54. The summed E-state index contributed by atoms with van der Waals surface area (Å²) in [5.41, 5.74) is 0.797. The van der Waals surface area contributed by atoms with Crippen LogP contribution in [0.4, 0.5) is 0 Å². The summed E-state index contributed by atoms with van der Waals surface area (Å²) in [5.74, 6) is 1.47. The third kappa shape index (κ3) is 5.30. The van der Waals surface area contributed by atoms with Crippen molar-refractivity contribution in [1.82, 2.24) is 0 Å². The van der Waals surface area contributed by atoms with E-state index in [1.54, 1.807) is 11.8 Å². The fraction of sp³-hybridized carbons (Fsp3) is 0.556. The van der Waals surface area contributed by atoms with E-state index in [0.717, 1.165) is 24.2 Å². The summed E-state index contributed by atoms with van der Waals surface area (Å²) in [6.07, 6.45) is 1.79. The molecular weight excluding hydrogens is 328 g/mol. The molecule has 0 bridgehead atoms. The van der Waals surface area contributed by atoms with Crippen LogP contribution < -0.4 is 0 Å². The van der Waals surface area contributed by atoms with E-state index in [1.165, 1.54) is 0 Å². The molecule has 0 saturated heterocycles. The van der Waals surface area contributed by atoms with Crippen LogP contribution in [0.3, 0.4) is 0 Å². The molecule has 5 heteroatoms. The number of carbonyl (C=O) groups is 1. The number of thioether (sulfide) groups is 1. The third-order valence-electron chi connectivity index (χ3n) is 4.12. The second kappa shape index (κ2) is 9.40. The van der Waals surface area contributed by atoms with Crippen LogP contribution in [-0.2, 0) is 9.47 Å². The number of carbonyl (C=O) groups excluding carboxylic acids is 1. The number of ether oxygens (including phenoxy) is 2. The van der Waals surface area contributed by atoms with Crippen LogP contribution in [0, 0.1) is 11.8 Å². The molecule has 0 radical (unpaired) electrons. The number of ketones is 1. The van der Waals surface area contributed by atoms with Gasteiger partial charge in [-0.1, -0.05) is 42.1 Å². The highest BCUT2D eigenvalue weighted by molar-refractivity contribution is 8.22. The molecule has 0 N–H and O–H groups in total. The first-order chi connectivity index (χ1) is 11.2. The molecule has 0 aliphatic heterocycles. The number of thiocarbonyl (C=S) groups is 1. The maximum atomic E-state index is 12.7. The zero-order valence-corrected chi connectivity index (χ0v) is 15.3. The van der Waals surface area contributed by atoms with E-state index in [2.05, 4.69) is 0 Å². The van der Waals surface area contributed by atoms with Gasteiger partial charge in [0.25, 0.3) is 0 Å². The highest BCUT2D eigenvalue weighted by Crippen LogP contribution is 2.37. The van der Waals surface area contributed by atoms with Crippen LogP contribution in [0.15, 0.2) is 30.3 Å². The Labute approximate surface area is 148 Å². The van der Waals surface area contributed by atoms with Crippen molar-refractivity contribution in [3.63, 3.8) is 0 Å². The van der Waals surface area contributed by atoms with Crippen molar-refractivity contribution in [2.75, 3.05) is 19.0 Å². The van der Waals surface area contributed by atoms with Crippen molar-refractivity contribution in [1.29, 1.82) is 0 Å². The molecule has 3 atom stereocenters. The van der Waals surface area contributed by atoms with Gasteiger partial charge in [0.15, 0.2) is 5.78 Å². The van der Waals surface area contributed by atoms with Gasteiger partial charge in [-0.2, -0.15) is 0 Å². The van der Waals surface area contributed by atoms with Gasteiger partial charge in [0, 0.05) is 23.8 Å². The molecule has 0 spiro atoms. The van der Waals surface area contributed by atoms with Gasteiger partial charge in [-0.25, -0.2) is 0 Å². The average Bonchev–Trinajstić information content (AvgIpc) is 2.97. The molecule has 2 rings (SSSR count). The van der Waals surface area contributed by atoms with Crippen molar-refractivity contribution in [2.45, 2.75) is 32.8 Å². The zero-order valence-electron chi connectivity index (χ0n) is 13.7. The molecule has 1 saturated carbocycles. The van der Waals surface area contributed by atoms with Crippen molar-refractivity contribution >= 4 is 34.1 Å². The Bertz CT molecular complexity index is 518. The number of Topliss-reactive ketones (excluding diaryl/α,β-unsaturated/α-hetero) is 1. The first-order valence-corrected chi connectivity index (χ1v) is 9.55. The van der Waals surface area contributed by atoms with Crippen LogP contribution in [0.2, 0.25) is 0 Å². The maximum absolute atomic E-state index is 12.7. The largest absolute Gasteiger partial charge is 0.479 e. The fourth-order valence-electron chi connectivity index (χ4n) is 3.07. The Morgan fingerprint density at radius 3 is 2.61 bits per heavy atom. The molecule has 1 aliphatic rings. The average molecular weight is 353 g/mol. The summed E-state index contributed by atoms with van der Waals surface area (Å²) in [7, 11) is 0. The van der Waals surface area contributed by atoms with Crippen molar-refractivity contribution < 1.29 is 14.3 Å². The Balaban J connectivity index is 1.97. The Morgan fingerprint density at radius 2 is 1.96 bits per heavy atom. The minimum atomic E-state index is 0.0419. The molecule has 3 nitrogen and oxygen atoms in total. The smallest absolute Gasteiger partial charge is 0.219 e. The lowest BCUT2D eigenvalue weighted by atomic mass is 9.95. The van der Waals surface area contributed by atoms with Crippen LogP contribution in [0.5, 0.6) is 0 Å². The van der Waals surface area contributed by atoms with Gasteiger partial charge in [-0.15, -0.1) is 0 Å². The molecule has 3 unspecified atom stereocenters. The van der Waals surface area contributed by atoms with Gasteiger partial charge in [0.05, 0.1) is 12.7 Å². The second-order valence-corrected chi connectivity index (χ2v) is 7.27. The minimum absolute atomic E-state index is 0.0419. The SMILES string of the molecule is CCOC(=S)SCC1CC(C(=O)c2ccccc2)CC1OCC. The lowest BCUT2D eigenvalue weighted by Crippen LogP contribution is -2.20. The standard InChI is InChI=1S/C18H24O3S2/c1-3-20-16-11-14(17(19)13-8-6-5-7-9-13)10-15(16)12-23-18(22)21-4-2/h5-9,14-16H,3-4,10-12H2,1-2H3. The highest BCUT2D eigenvalue weighted by Gasteiger charge is 2.38. The summed E-state index contributed by atoms with van der Waals surface area (Å²) in [6, 6.07) is 9.54. The first kappa shape index (κ1) is 18.4. The molecule has 1 aliphatic carbocycles. The summed E-state index contributed by atoms with van der Waals surface area (Å²) < 4.78 is 11.8. The molecule has 0 heterocycles. The van der Waals surface area contributed by atoms with Gasteiger partial charge >= 0.3 is 0 Å². The molecule has 23 heavy (non-hydrogen) atoms. The van der Waals surface area contributed by atoms with E-state index in [0.29, 0.717) is 23.5 Å². The van der Waals surface area contributed by atoms with Crippen molar-refractivity contribution in [2.24, 2.45) is 11.8 Å². The number of benzene rings is 1. The lowest BCUT2D eigenvalue weighted by Gasteiger charge is -2.18. The summed E-state index contributed by atoms with van der Waals surface area (Å²) in [4.78, 5) is 12.7.